The molecule has 2 nitrogen and oxygen atoms in total. The Bertz CT molecular complexity index is 478. The SMILES string of the molecule is Cc1nc2c(F)cc(Br)cn2c1F. The van der Waals surface area contributed by atoms with Gasteiger partial charge >= 0.3 is 0 Å². The summed E-state index contributed by atoms with van der Waals surface area (Å²) in [4.78, 5) is 3.75. The van der Waals surface area contributed by atoms with Gasteiger partial charge in [0.1, 0.15) is 0 Å². The van der Waals surface area contributed by atoms with Gasteiger partial charge in [0.05, 0.1) is 5.69 Å². The zero-order valence-corrected chi connectivity index (χ0v) is 8.27. The standard InChI is InChI=1S/C8H5BrF2N2/c1-4-7(11)13-3-5(9)2-6(10)8(13)12-4/h2-3H,1H3. The number of hydrogen-bond acceptors (Lipinski definition) is 1. The van der Waals surface area contributed by atoms with Gasteiger partial charge in [0, 0.05) is 10.7 Å². The van der Waals surface area contributed by atoms with Crippen LogP contribution in [0.1, 0.15) is 5.69 Å². The minimum absolute atomic E-state index is 0.0122. The molecule has 2 aromatic rings. The second kappa shape index (κ2) is 2.77. The molecular formula is C8H5BrF2N2. The minimum atomic E-state index is -0.540. The van der Waals surface area contributed by atoms with E-state index in [1.807, 2.05) is 0 Å². The second-order valence-corrected chi connectivity index (χ2v) is 3.60. The predicted octanol–water partition coefficient (Wildman–Crippen LogP) is 2.68. The number of halogens is 3. The van der Waals surface area contributed by atoms with Crippen LogP contribution in [0.5, 0.6) is 0 Å². The third kappa shape index (κ3) is 1.23. The predicted molar refractivity (Wildman–Crippen MR) is 47.5 cm³/mol. The molecule has 0 unspecified atom stereocenters. The van der Waals surface area contributed by atoms with Gasteiger partial charge < -0.3 is 0 Å². The van der Waals surface area contributed by atoms with Crippen molar-refractivity contribution in [3.05, 3.63) is 34.2 Å². The summed E-state index contributed by atoms with van der Waals surface area (Å²) in [6.45, 7) is 1.50. The Morgan fingerprint density at radius 3 is 2.85 bits per heavy atom. The molecule has 0 amide bonds. The Hall–Kier alpha value is -0.970. The van der Waals surface area contributed by atoms with E-state index in [1.54, 1.807) is 0 Å². The fourth-order valence-electron chi connectivity index (χ4n) is 1.16. The molecule has 0 saturated carbocycles. The molecule has 0 bridgehead atoms. The van der Waals surface area contributed by atoms with Gasteiger partial charge in [0.15, 0.2) is 11.5 Å². The van der Waals surface area contributed by atoms with Crippen molar-refractivity contribution >= 4 is 21.6 Å². The smallest absolute Gasteiger partial charge is 0.220 e. The molecule has 0 aliphatic heterocycles. The van der Waals surface area contributed by atoms with E-state index in [0.29, 0.717) is 4.47 Å². The van der Waals surface area contributed by atoms with Crippen molar-refractivity contribution in [3.8, 4) is 0 Å². The van der Waals surface area contributed by atoms with Crippen LogP contribution in [0.15, 0.2) is 16.7 Å². The molecule has 2 heterocycles. The number of pyridine rings is 1. The number of aryl methyl sites for hydroxylation is 1. The summed E-state index contributed by atoms with van der Waals surface area (Å²) < 4.78 is 28.0. The van der Waals surface area contributed by atoms with Crippen LogP contribution in [0.4, 0.5) is 8.78 Å². The molecule has 0 radical (unpaired) electrons. The van der Waals surface area contributed by atoms with Gasteiger partial charge in [0.25, 0.3) is 0 Å². The van der Waals surface area contributed by atoms with Gasteiger partial charge in [-0.2, -0.15) is 4.39 Å². The highest BCUT2D eigenvalue weighted by molar-refractivity contribution is 9.10. The first kappa shape index (κ1) is 8.62. The van der Waals surface area contributed by atoms with Crippen molar-refractivity contribution in [2.24, 2.45) is 0 Å². The molecule has 0 aliphatic rings. The minimum Gasteiger partial charge on any atom is -0.273 e. The average molecular weight is 247 g/mol. The maximum absolute atomic E-state index is 13.2. The zero-order chi connectivity index (χ0) is 9.59. The normalized spacial score (nSPS) is 11.1. The molecule has 5 heteroatoms. The van der Waals surface area contributed by atoms with Crippen molar-refractivity contribution in [3.63, 3.8) is 0 Å². The molecule has 0 atom stereocenters. The van der Waals surface area contributed by atoms with Gasteiger partial charge in [-0.3, -0.25) is 4.40 Å². The number of rotatable bonds is 0. The summed E-state index contributed by atoms with van der Waals surface area (Å²) in [5, 5.41) is 0. The van der Waals surface area contributed by atoms with Crippen LogP contribution in [-0.4, -0.2) is 9.38 Å². The largest absolute Gasteiger partial charge is 0.273 e. The molecule has 0 spiro atoms. The van der Waals surface area contributed by atoms with Gasteiger partial charge in [-0.15, -0.1) is 0 Å². The van der Waals surface area contributed by atoms with Crippen LogP contribution in [-0.2, 0) is 0 Å². The highest BCUT2D eigenvalue weighted by Gasteiger charge is 2.11. The van der Waals surface area contributed by atoms with Gasteiger partial charge in [0.2, 0.25) is 5.95 Å². The molecule has 0 N–H and O–H groups in total. The molecule has 13 heavy (non-hydrogen) atoms. The number of aromatic nitrogens is 2. The summed E-state index contributed by atoms with van der Waals surface area (Å²) in [5.41, 5.74) is 0.204. The summed E-state index contributed by atoms with van der Waals surface area (Å²) in [6.07, 6.45) is 1.44. The number of hydrogen-bond donors (Lipinski definition) is 0. The van der Waals surface area contributed by atoms with Crippen molar-refractivity contribution in [1.29, 1.82) is 0 Å². The van der Waals surface area contributed by atoms with E-state index in [0.717, 1.165) is 4.40 Å². The first-order valence-corrected chi connectivity index (χ1v) is 4.38. The van der Waals surface area contributed by atoms with E-state index in [2.05, 4.69) is 20.9 Å². The van der Waals surface area contributed by atoms with Crippen LogP contribution in [0.2, 0.25) is 0 Å². The lowest BCUT2D eigenvalue weighted by molar-refractivity contribution is 0.558. The Labute approximate surface area is 81.3 Å². The number of fused-ring (bicyclic) bond motifs is 1. The van der Waals surface area contributed by atoms with Crippen LogP contribution < -0.4 is 0 Å². The lowest BCUT2D eigenvalue weighted by Gasteiger charge is -1.96. The van der Waals surface area contributed by atoms with Crippen LogP contribution in [0, 0.1) is 18.7 Å². The Morgan fingerprint density at radius 1 is 1.46 bits per heavy atom. The van der Waals surface area contributed by atoms with E-state index in [1.165, 1.54) is 19.2 Å². The fraction of sp³-hybridized carbons (Fsp3) is 0.125. The molecular weight excluding hydrogens is 242 g/mol. The Balaban J connectivity index is 2.94. The van der Waals surface area contributed by atoms with Gasteiger partial charge in [-0.25, -0.2) is 9.37 Å². The van der Waals surface area contributed by atoms with Crippen molar-refractivity contribution in [2.75, 3.05) is 0 Å². The lowest BCUT2D eigenvalue weighted by Crippen LogP contribution is -1.91. The fourth-order valence-corrected chi connectivity index (χ4v) is 1.56. The Morgan fingerprint density at radius 2 is 2.15 bits per heavy atom. The lowest BCUT2D eigenvalue weighted by atomic mass is 10.4. The maximum Gasteiger partial charge on any atom is 0.220 e. The van der Waals surface area contributed by atoms with Crippen molar-refractivity contribution in [2.45, 2.75) is 6.92 Å². The third-order valence-corrected chi connectivity index (χ3v) is 2.18. The van der Waals surface area contributed by atoms with E-state index >= 15 is 0 Å². The molecule has 0 aromatic carbocycles. The van der Waals surface area contributed by atoms with Crippen LogP contribution in [0.25, 0.3) is 5.65 Å². The molecule has 0 saturated heterocycles. The third-order valence-electron chi connectivity index (χ3n) is 1.74. The van der Waals surface area contributed by atoms with E-state index in [9.17, 15) is 8.78 Å². The quantitative estimate of drug-likeness (QED) is 0.699. The van der Waals surface area contributed by atoms with Gasteiger partial charge in [-0.05, 0) is 28.9 Å². The van der Waals surface area contributed by atoms with Crippen molar-refractivity contribution in [1.82, 2.24) is 9.38 Å². The number of imidazole rings is 1. The first-order chi connectivity index (χ1) is 6.09. The molecule has 2 aromatic heterocycles. The monoisotopic (exact) mass is 246 g/mol. The van der Waals surface area contributed by atoms with E-state index in [-0.39, 0.29) is 11.3 Å². The highest BCUT2D eigenvalue weighted by Crippen LogP contribution is 2.18. The summed E-state index contributed by atoms with van der Waals surface area (Å²) in [6, 6.07) is 1.25. The van der Waals surface area contributed by atoms with Crippen LogP contribution in [0.3, 0.4) is 0 Å². The Kier molecular flexibility index (Phi) is 1.83. The van der Waals surface area contributed by atoms with E-state index in [4.69, 9.17) is 0 Å². The average Bonchev–Trinajstić information content (AvgIpc) is 2.32. The molecule has 0 aliphatic carbocycles. The molecule has 2 rings (SSSR count). The summed E-state index contributed by atoms with van der Waals surface area (Å²) in [7, 11) is 0. The van der Waals surface area contributed by atoms with E-state index < -0.39 is 11.8 Å². The summed E-state index contributed by atoms with van der Waals surface area (Å²) >= 11 is 3.07. The maximum atomic E-state index is 13.2. The zero-order valence-electron chi connectivity index (χ0n) is 6.68. The topological polar surface area (TPSA) is 17.3 Å². The molecule has 0 fully saturated rings. The van der Waals surface area contributed by atoms with Crippen molar-refractivity contribution < 1.29 is 8.78 Å². The highest BCUT2D eigenvalue weighted by atomic mass is 79.9. The van der Waals surface area contributed by atoms with Crippen LogP contribution >= 0.6 is 15.9 Å². The summed E-state index contributed by atoms with van der Waals surface area (Å²) in [5.74, 6) is -1.07. The second-order valence-electron chi connectivity index (χ2n) is 2.69. The number of nitrogens with zero attached hydrogens (tertiary/aromatic N) is 2. The van der Waals surface area contributed by atoms with Gasteiger partial charge in [-0.1, -0.05) is 0 Å². The first-order valence-electron chi connectivity index (χ1n) is 3.59. The molecule has 68 valence electrons.